The minimum absolute atomic E-state index is 0.767. The molecule has 0 radical (unpaired) electrons. The van der Waals surface area contributed by atoms with Crippen LogP contribution in [0.1, 0.15) is 0 Å². The largest absolute Gasteiger partial charge is 0.454 e. The lowest BCUT2D eigenvalue weighted by molar-refractivity contribution is 0.628. The van der Waals surface area contributed by atoms with Crippen LogP contribution in [-0.4, -0.2) is 10.2 Å². The molecule has 2 heterocycles. The van der Waals surface area contributed by atoms with E-state index in [-0.39, 0.29) is 0 Å². The van der Waals surface area contributed by atoms with Crippen LogP contribution in [-0.2, 0) is 0 Å². The van der Waals surface area contributed by atoms with Crippen LogP contribution in [0.25, 0.3) is 22.3 Å². The molecule has 0 saturated heterocycles. The van der Waals surface area contributed by atoms with Crippen LogP contribution < -0.4 is 0 Å². The lowest BCUT2D eigenvalue weighted by Crippen LogP contribution is -1.73. The number of aromatic nitrogens is 2. The first-order valence-corrected chi connectivity index (χ1v) is 4.69. The van der Waals surface area contributed by atoms with Crippen molar-refractivity contribution in [3.05, 3.63) is 48.8 Å². The van der Waals surface area contributed by atoms with Gasteiger partial charge in [-0.3, -0.25) is 0 Å². The third kappa shape index (κ3) is 1.38. The Balaban J connectivity index is 2.21. The van der Waals surface area contributed by atoms with Crippen molar-refractivity contribution < 1.29 is 4.42 Å². The number of rotatable bonds is 1. The van der Waals surface area contributed by atoms with Crippen molar-refractivity contribution in [2.24, 2.45) is 0 Å². The highest BCUT2D eigenvalue weighted by molar-refractivity contribution is 5.81. The van der Waals surface area contributed by atoms with E-state index >= 15 is 0 Å². The number of hydrogen-bond acceptors (Lipinski definition) is 3. The molecule has 1 aromatic carbocycles. The van der Waals surface area contributed by atoms with E-state index in [4.69, 9.17) is 4.42 Å². The van der Waals surface area contributed by atoms with E-state index in [1.54, 1.807) is 12.4 Å². The average Bonchev–Trinajstić information content (AvgIpc) is 2.74. The van der Waals surface area contributed by atoms with Gasteiger partial charge in [-0.25, -0.2) is 0 Å². The van der Waals surface area contributed by atoms with Gasteiger partial charge in [-0.2, -0.15) is 10.2 Å². The van der Waals surface area contributed by atoms with Crippen molar-refractivity contribution in [2.45, 2.75) is 0 Å². The summed E-state index contributed by atoms with van der Waals surface area (Å²) in [4.78, 5) is 0. The second-order valence-electron chi connectivity index (χ2n) is 3.29. The molecule has 0 bridgehead atoms. The van der Waals surface area contributed by atoms with Crippen molar-refractivity contribution >= 4 is 11.0 Å². The number of nitrogens with zero attached hydrogens (tertiary/aromatic N) is 2. The molecule has 0 unspecified atom stereocenters. The van der Waals surface area contributed by atoms with Gasteiger partial charge in [-0.05, 0) is 6.07 Å². The van der Waals surface area contributed by atoms with Crippen LogP contribution in [0.5, 0.6) is 0 Å². The molecule has 0 saturated carbocycles. The Morgan fingerprint density at radius 2 is 1.73 bits per heavy atom. The number of benzene rings is 1. The van der Waals surface area contributed by atoms with Crippen molar-refractivity contribution in [1.82, 2.24) is 10.2 Å². The summed E-state index contributed by atoms with van der Waals surface area (Å²) in [6.07, 6.45) is 3.33. The van der Waals surface area contributed by atoms with Crippen LogP contribution in [0.3, 0.4) is 0 Å². The Bertz CT molecular complexity index is 554. The first kappa shape index (κ1) is 8.17. The standard InChI is InChI=1S/C12H8N2O/c1-2-4-9(5-3-1)11-6-10-7-13-14-8-12(10)15-11/h1-8H. The molecule has 3 nitrogen and oxygen atoms in total. The molecule has 3 heteroatoms. The third-order valence-corrected chi connectivity index (χ3v) is 2.29. The van der Waals surface area contributed by atoms with Gasteiger partial charge in [0, 0.05) is 10.9 Å². The summed E-state index contributed by atoms with van der Waals surface area (Å²) in [5.41, 5.74) is 1.83. The van der Waals surface area contributed by atoms with Gasteiger partial charge in [0.25, 0.3) is 0 Å². The number of fused-ring (bicyclic) bond motifs is 1. The van der Waals surface area contributed by atoms with Crippen LogP contribution in [0.2, 0.25) is 0 Å². The van der Waals surface area contributed by atoms with Gasteiger partial charge in [-0.15, -0.1) is 0 Å². The first-order valence-electron chi connectivity index (χ1n) is 4.69. The predicted octanol–water partition coefficient (Wildman–Crippen LogP) is 2.89. The van der Waals surface area contributed by atoms with Crippen molar-refractivity contribution in [1.29, 1.82) is 0 Å². The van der Waals surface area contributed by atoms with Crippen LogP contribution in [0.15, 0.2) is 53.2 Å². The smallest absolute Gasteiger partial charge is 0.156 e. The summed E-state index contributed by atoms with van der Waals surface area (Å²) < 4.78 is 5.65. The molecule has 0 fully saturated rings. The van der Waals surface area contributed by atoms with Gasteiger partial charge in [0.1, 0.15) is 5.76 Å². The highest BCUT2D eigenvalue weighted by Gasteiger charge is 2.04. The summed E-state index contributed by atoms with van der Waals surface area (Å²) >= 11 is 0. The number of hydrogen-bond donors (Lipinski definition) is 0. The summed E-state index contributed by atoms with van der Waals surface area (Å²) in [6, 6.07) is 11.9. The molecular formula is C12H8N2O. The minimum Gasteiger partial charge on any atom is -0.454 e. The molecule has 2 aromatic heterocycles. The SMILES string of the molecule is c1ccc(-c2cc3cnncc3o2)cc1. The van der Waals surface area contributed by atoms with E-state index in [1.165, 1.54) is 0 Å². The molecule has 0 aliphatic heterocycles. The molecule has 0 aliphatic rings. The Hall–Kier alpha value is -2.16. The van der Waals surface area contributed by atoms with Crippen molar-refractivity contribution in [3.8, 4) is 11.3 Å². The van der Waals surface area contributed by atoms with Crippen LogP contribution >= 0.6 is 0 Å². The Morgan fingerprint density at radius 1 is 0.933 bits per heavy atom. The zero-order valence-electron chi connectivity index (χ0n) is 7.92. The number of furan rings is 1. The monoisotopic (exact) mass is 196 g/mol. The summed E-state index contributed by atoms with van der Waals surface area (Å²) in [5.74, 6) is 0.848. The fourth-order valence-corrected chi connectivity index (χ4v) is 1.55. The maximum absolute atomic E-state index is 5.65. The van der Waals surface area contributed by atoms with E-state index in [2.05, 4.69) is 10.2 Å². The average molecular weight is 196 g/mol. The quantitative estimate of drug-likeness (QED) is 0.600. The van der Waals surface area contributed by atoms with Gasteiger partial charge >= 0.3 is 0 Å². The van der Waals surface area contributed by atoms with Gasteiger partial charge < -0.3 is 4.42 Å². The second-order valence-corrected chi connectivity index (χ2v) is 3.29. The molecular weight excluding hydrogens is 188 g/mol. The normalized spacial score (nSPS) is 10.7. The van der Waals surface area contributed by atoms with Gasteiger partial charge in [0.15, 0.2) is 5.58 Å². The van der Waals surface area contributed by atoms with Crippen LogP contribution in [0.4, 0.5) is 0 Å². The zero-order chi connectivity index (χ0) is 10.1. The Labute approximate surface area is 86.4 Å². The summed E-state index contributed by atoms with van der Waals surface area (Å²) in [5, 5.41) is 8.56. The van der Waals surface area contributed by atoms with Crippen molar-refractivity contribution in [2.75, 3.05) is 0 Å². The highest BCUT2D eigenvalue weighted by atomic mass is 16.3. The molecule has 72 valence electrons. The molecule has 0 N–H and O–H groups in total. The lowest BCUT2D eigenvalue weighted by atomic mass is 10.2. The van der Waals surface area contributed by atoms with Crippen LogP contribution in [0, 0.1) is 0 Å². The zero-order valence-corrected chi connectivity index (χ0v) is 7.92. The highest BCUT2D eigenvalue weighted by Crippen LogP contribution is 2.26. The minimum atomic E-state index is 0.767. The molecule has 0 aliphatic carbocycles. The summed E-state index contributed by atoms with van der Waals surface area (Å²) in [7, 11) is 0. The molecule has 3 aromatic rings. The fraction of sp³-hybridized carbons (Fsp3) is 0. The molecule has 0 amide bonds. The molecule has 3 rings (SSSR count). The van der Waals surface area contributed by atoms with E-state index in [0.29, 0.717) is 0 Å². The lowest BCUT2D eigenvalue weighted by Gasteiger charge is -1.93. The maximum Gasteiger partial charge on any atom is 0.156 e. The summed E-state index contributed by atoms with van der Waals surface area (Å²) in [6.45, 7) is 0. The van der Waals surface area contributed by atoms with Gasteiger partial charge in [0.05, 0.1) is 12.4 Å². The molecule has 0 spiro atoms. The molecule has 0 atom stereocenters. The predicted molar refractivity (Wildman–Crippen MR) is 57.2 cm³/mol. The second kappa shape index (κ2) is 3.20. The van der Waals surface area contributed by atoms with Gasteiger partial charge in [0.2, 0.25) is 0 Å². The van der Waals surface area contributed by atoms with E-state index < -0.39 is 0 Å². The van der Waals surface area contributed by atoms with E-state index in [1.807, 2.05) is 36.4 Å². The van der Waals surface area contributed by atoms with Crippen molar-refractivity contribution in [3.63, 3.8) is 0 Å². The third-order valence-electron chi connectivity index (χ3n) is 2.29. The molecule has 15 heavy (non-hydrogen) atoms. The van der Waals surface area contributed by atoms with E-state index in [9.17, 15) is 0 Å². The van der Waals surface area contributed by atoms with E-state index in [0.717, 1.165) is 22.3 Å². The first-order chi connectivity index (χ1) is 7.43. The Morgan fingerprint density at radius 3 is 2.53 bits per heavy atom. The maximum atomic E-state index is 5.65. The topological polar surface area (TPSA) is 38.9 Å². The Kier molecular flexibility index (Phi) is 1.75. The fourth-order valence-electron chi connectivity index (χ4n) is 1.55. The van der Waals surface area contributed by atoms with Gasteiger partial charge in [-0.1, -0.05) is 30.3 Å².